The summed E-state index contributed by atoms with van der Waals surface area (Å²) >= 11 is 0. The average molecular weight is 483 g/mol. The molecule has 0 fully saturated rings. The molecule has 0 saturated heterocycles. The maximum atomic E-state index is 13.1. The molecule has 5 aromatic rings. The molecule has 10 nitrogen and oxygen atoms in total. The third-order valence-corrected chi connectivity index (χ3v) is 5.53. The lowest BCUT2D eigenvalue weighted by molar-refractivity contribution is -0.116. The Hall–Kier alpha value is -4.99. The first kappa shape index (κ1) is 22.8. The van der Waals surface area contributed by atoms with Gasteiger partial charge in [0.25, 0.3) is 11.4 Å². The summed E-state index contributed by atoms with van der Waals surface area (Å²) in [6.07, 6.45) is 3.28. The summed E-state index contributed by atoms with van der Waals surface area (Å²) in [7, 11) is 3.05. The molecule has 0 bridgehead atoms. The fraction of sp³-hybridized carbons (Fsp3) is 0.115. The number of carbonyl (C=O) groups excluding carboxylic acids is 1. The number of carbonyl (C=O) groups is 1. The van der Waals surface area contributed by atoms with E-state index in [2.05, 4.69) is 20.4 Å². The van der Waals surface area contributed by atoms with E-state index in [4.69, 9.17) is 14.0 Å². The maximum absolute atomic E-state index is 13.1. The monoisotopic (exact) mass is 483 g/mol. The standard InChI is InChI=1S/C26H21N5O5/c1-34-18-10-17(11-19(12-18)35-2)28-23(32)15-31-22-8-4-3-7-20(22)21(13-24(31)33)26-29-25(30-36-26)16-6-5-9-27-14-16/h3-14H,15H2,1-2H3,(H,28,32). The van der Waals surface area contributed by atoms with Gasteiger partial charge in [-0.05, 0) is 18.2 Å². The number of pyridine rings is 2. The minimum absolute atomic E-state index is 0.197. The molecule has 5 rings (SSSR count). The molecule has 36 heavy (non-hydrogen) atoms. The second kappa shape index (κ2) is 9.71. The summed E-state index contributed by atoms with van der Waals surface area (Å²) in [6, 6.07) is 17.2. The van der Waals surface area contributed by atoms with Gasteiger partial charge in [0.2, 0.25) is 11.7 Å². The fourth-order valence-electron chi connectivity index (χ4n) is 3.84. The van der Waals surface area contributed by atoms with Crippen LogP contribution in [0.25, 0.3) is 33.7 Å². The number of aromatic nitrogens is 4. The van der Waals surface area contributed by atoms with Crippen LogP contribution in [0, 0.1) is 0 Å². The Labute approximate surface area is 205 Å². The second-order valence-electron chi connectivity index (χ2n) is 7.81. The molecule has 3 aromatic heterocycles. The van der Waals surface area contributed by atoms with Gasteiger partial charge in [-0.15, -0.1) is 0 Å². The zero-order chi connectivity index (χ0) is 25.1. The third kappa shape index (κ3) is 4.51. The molecule has 10 heteroatoms. The van der Waals surface area contributed by atoms with Crippen molar-refractivity contribution in [3.05, 3.63) is 83.4 Å². The number of amides is 1. The topological polar surface area (TPSA) is 121 Å². The molecule has 180 valence electrons. The van der Waals surface area contributed by atoms with E-state index in [9.17, 15) is 9.59 Å². The van der Waals surface area contributed by atoms with Gasteiger partial charge in [0.15, 0.2) is 0 Å². The van der Waals surface area contributed by atoms with E-state index < -0.39 is 0 Å². The van der Waals surface area contributed by atoms with Crippen molar-refractivity contribution < 1.29 is 18.8 Å². The largest absolute Gasteiger partial charge is 0.497 e. The van der Waals surface area contributed by atoms with E-state index >= 15 is 0 Å². The lowest BCUT2D eigenvalue weighted by atomic mass is 10.1. The molecule has 0 saturated carbocycles. The van der Waals surface area contributed by atoms with Crippen LogP contribution in [0.1, 0.15) is 0 Å². The Morgan fingerprint density at radius 3 is 2.53 bits per heavy atom. The van der Waals surface area contributed by atoms with Crippen LogP contribution >= 0.6 is 0 Å². The van der Waals surface area contributed by atoms with Crippen molar-refractivity contribution in [1.82, 2.24) is 19.7 Å². The molecular weight excluding hydrogens is 462 g/mol. The number of ether oxygens (including phenoxy) is 2. The molecule has 0 atom stereocenters. The highest BCUT2D eigenvalue weighted by Gasteiger charge is 2.18. The van der Waals surface area contributed by atoms with Gasteiger partial charge in [0.1, 0.15) is 18.0 Å². The van der Waals surface area contributed by atoms with Crippen LogP contribution in [0.3, 0.4) is 0 Å². The number of anilines is 1. The Bertz CT molecular complexity index is 1590. The molecule has 0 radical (unpaired) electrons. The van der Waals surface area contributed by atoms with E-state index in [1.165, 1.54) is 24.9 Å². The van der Waals surface area contributed by atoms with Crippen molar-refractivity contribution in [1.29, 1.82) is 0 Å². The van der Waals surface area contributed by atoms with Crippen molar-refractivity contribution >= 4 is 22.5 Å². The SMILES string of the molecule is COc1cc(NC(=O)Cn2c(=O)cc(-c3nc(-c4cccnc4)no3)c3ccccc32)cc(OC)c1. The van der Waals surface area contributed by atoms with Gasteiger partial charge in [-0.2, -0.15) is 4.98 Å². The number of hydrogen-bond donors (Lipinski definition) is 1. The van der Waals surface area contributed by atoms with Gasteiger partial charge < -0.3 is 19.3 Å². The summed E-state index contributed by atoms with van der Waals surface area (Å²) in [5, 5.41) is 7.51. The Morgan fingerprint density at radius 2 is 1.81 bits per heavy atom. The highest BCUT2D eigenvalue weighted by atomic mass is 16.5. The summed E-state index contributed by atoms with van der Waals surface area (Å²) in [5.41, 5.74) is 1.82. The minimum atomic E-state index is -0.387. The molecular formula is C26H21N5O5. The number of benzene rings is 2. The van der Waals surface area contributed by atoms with Gasteiger partial charge >= 0.3 is 0 Å². The van der Waals surface area contributed by atoms with E-state index in [0.29, 0.717) is 45.0 Å². The molecule has 2 aromatic carbocycles. The molecule has 0 unspecified atom stereocenters. The summed E-state index contributed by atoms with van der Waals surface area (Å²) < 4.78 is 17.4. The number of para-hydroxylation sites is 1. The maximum Gasteiger partial charge on any atom is 0.259 e. The average Bonchev–Trinajstić information content (AvgIpc) is 3.40. The first-order valence-corrected chi connectivity index (χ1v) is 11.0. The zero-order valence-electron chi connectivity index (χ0n) is 19.5. The lowest BCUT2D eigenvalue weighted by Gasteiger charge is -2.13. The molecule has 1 amide bonds. The van der Waals surface area contributed by atoms with Crippen LogP contribution in [0.4, 0.5) is 5.69 Å². The van der Waals surface area contributed by atoms with Gasteiger partial charge in [-0.25, -0.2) is 0 Å². The highest BCUT2D eigenvalue weighted by molar-refractivity contribution is 5.95. The first-order valence-electron chi connectivity index (χ1n) is 11.0. The second-order valence-corrected chi connectivity index (χ2v) is 7.81. The van der Waals surface area contributed by atoms with Crippen molar-refractivity contribution in [2.45, 2.75) is 6.54 Å². The summed E-state index contributed by atoms with van der Waals surface area (Å²) in [4.78, 5) is 34.5. The van der Waals surface area contributed by atoms with E-state index in [1.54, 1.807) is 48.8 Å². The molecule has 0 aliphatic heterocycles. The van der Waals surface area contributed by atoms with Crippen molar-refractivity contribution in [2.24, 2.45) is 0 Å². The van der Waals surface area contributed by atoms with Gasteiger partial charge in [-0.3, -0.25) is 19.1 Å². The number of nitrogens with zero attached hydrogens (tertiary/aromatic N) is 4. The van der Waals surface area contributed by atoms with Crippen LogP contribution in [-0.4, -0.2) is 39.8 Å². The number of rotatable bonds is 7. The molecule has 1 N–H and O–H groups in total. The predicted octanol–water partition coefficient (Wildman–Crippen LogP) is 3.77. The summed E-state index contributed by atoms with van der Waals surface area (Å²) in [5.74, 6) is 1.23. The first-order chi connectivity index (χ1) is 17.6. The molecule has 0 aliphatic carbocycles. The number of fused-ring (bicyclic) bond motifs is 1. The lowest BCUT2D eigenvalue weighted by Crippen LogP contribution is -2.27. The van der Waals surface area contributed by atoms with Gasteiger partial charge in [0, 0.05) is 53.3 Å². The van der Waals surface area contributed by atoms with Gasteiger partial charge in [0.05, 0.1) is 25.3 Å². The molecule has 3 heterocycles. The number of hydrogen-bond acceptors (Lipinski definition) is 8. The van der Waals surface area contributed by atoms with Crippen LogP contribution in [-0.2, 0) is 11.3 Å². The Morgan fingerprint density at radius 1 is 1.03 bits per heavy atom. The van der Waals surface area contributed by atoms with E-state index in [0.717, 1.165) is 0 Å². The van der Waals surface area contributed by atoms with Crippen molar-refractivity contribution in [2.75, 3.05) is 19.5 Å². The third-order valence-electron chi connectivity index (χ3n) is 5.53. The van der Waals surface area contributed by atoms with E-state index in [-0.39, 0.29) is 23.9 Å². The van der Waals surface area contributed by atoms with Crippen molar-refractivity contribution in [3.63, 3.8) is 0 Å². The smallest absolute Gasteiger partial charge is 0.259 e. The van der Waals surface area contributed by atoms with Crippen LogP contribution in [0.2, 0.25) is 0 Å². The van der Waals surface area contributed by atoms with Gasteiger partial charge in [-0.1, -0.05) is 23.4 Å². The van der Waals surface area contributed by atoms with Crippen LogP contribution in [0.15, 0.2) is 82.4 Å². The fourth-order valence-corrected chi connectivity index (χ4v) is 3.84. The molecule has 0 aliphatic rings. The van der Waals surface area contributed by atoms with Crippen molar-refractivity contribution in [3.8, 4) is 34.3 Å². The van der Waals surface area contributed by atoms with Crippen LogP contribution in [0.5, 0.6) is 11.5 Å². The zero-order valence-corrected chi connectivity index (χ0v) is 19.5. The molecule has 0 spiro atoms. The Balaban J connectivity index is 1.48. The van der Waals surface area contributed by atoms with Crippen LogP contribution < -0.4 is 20.3 Å². The van der Waals surface area contributed by atoms with E-state index in [1.807, 2.05) is 18.2 Å². The Kier molecular flexibility index (Phi) is 6.14. The highest BCUT2D eigenvalue weighted by Crippen LogP contribution is 2.28. The quantitative estimate of drug-likeness (QED) is 0.371. The number of methoxy groups -OCH3 is 2. The number of nitrogens with one attached hydrogen (secondary N) is 1. The predicted molar refractivity (Wildman–Crippen MR) is 133 cm³/mol. The minimum Gasteiger partial charge on any atom is -0.497 e. The summed E-state index contributed by atoms with van der Waals surface area (Å²) in [6.45, 7) is -0.204. The normalized spacial score (nSPS) is 10.8.